The molecule has 1 aliphatic rings. The molecule has 0 unspecified atom stereocenters. The molecule has 1 aliphatic heterocycles. The summed E-state index contributed by atoms with van der Waals surface area (Å²) < 4.78 is 32.8. The zero-order valence-corrected chi connectivity index (χ0v) is 11.3. The van der Waals surface area contributed by atoms with E-state index in [0.717, 1.165) is 6.54 Å². The minimum absolute atomic E-state index is 0.0118. The highest BCUT2D eigenvalue weighted by Crippen LogP contribution is 2.21. The smallest absolute Gasteiger partial charge is 0.165 e. The molecular weight excluding hydrogens is 274 g/mol. The van der Waals surface area contributed by atoms with Gasteiger partial charge in [-0.2, -0.15) is 0 Å². The SMILES string of the molecule is Fc1ccccc1COc1ccc(C2=NCCN2)cc1F. The molecule has 0 aromatic heterocycles. The van der Waals surface area contributed by atoms with Crippen LogP contribution in [0.3, 0.4) is 0 Å². The molecule has 0 amide bonds. The average Bonchev–Trinajstić information content (AvgIpc) is 3.02. The fourth-order valence-electron chi connectivity index (χ4n) is 2.13. The van der Waals surface area contributed by atoms with Gasteiger partial charge in [0.2, 0.25) is 0 Å². The molecule has 3 rings (SSSR count). The van der Waals surface area contributed by atoms with Gasteiger partial charge in [-0.05, 0) is 24.3 Å². The van der Waals surface area contributed by atoms with E-state index in [1.54, 1.807) is 24.3 Å². The molecule has 0 bridgehead atoms. The van der Waals surface area contributed by atoms with Crippen LogP contribution >= 0.6 is 0 Å². The molecule has 2 aromatic carbocycles. The third-order valence-corrected chi connectivity index (χ3v) is 3.22. The van der Waals surface area contributed by atoms with Crippen LogP contribution in [0.2, 0.25) is 0 Å². The Kier molecular flexibility index (Phi) is 3.81. The van der Waals surface area contributed by atoms with Crippen LogP contribution in [-0.2, 0) is 6.61 Å². The van der Waals surface area contributed by atoms with Crippen LogP contribution < -0.4 is 10.1 Å². The lowest BCUT2D eigenvalue weighted by Crippen LogP contribution is -2.19. The predicted octanol–water partition coefficient (Wildman–Crippen LogP) is 2.89. The van der Waals surface area contributed by atoms with Crippen molar-refractivity contribution in [2.24, 2.45) is 4.99 Å². The first-order valence-corrected chi connectivity index (χ1v) is 6.68. The lowest BCUT2D eigenvalue weighted by molar-refractivity contribution is 0.285. The maximum absolute atomic E-state index is 14.0. The first-order chi connectivity index (χ1) is 10.2. The average molecular weight is 288 g/mol. The van der Waals surface area contributed by atoms with E-state index in [1.165, 1.54) is 18.2 Å². The highest BCUT2D eigenvalue weighted by Gasteiger charge is 2.12. The molecule has 0 radical (unpaired) electrons. The van der Waals surface area contributed by atoms with Crippen molar-refractivity contribution in [2.45, 2.75) is 6.61 Å². The Labute approximate surface area is 121 Å². The van der Waals surface area contributed by atoms with Crippen LogP contribution in [0.25, 0.3) is 0 Å². The minimum Gasteiger partial charge on any atom is -0.486 e. The van der Waals surface area contributed by atoms with Gasteiger partial charge in [-0.15, -0.1) is 0 Å². The summed E-state index contributed by atoms with van der Waals surface area (Å²) in [7, 11) is 0. The molecule has 1 heterocycles. The van der Waals surface area contributed by atoms with E-state index in [1.807, 2.05) is 0 Å². The fraction of sp³-hybridized carbons (Fsp3) is 0.188. The highest BCUT2D eigenvalue weighted by atomic mass is 19.1. The Hall–Kier alpha value is -2.43. The number of hydrogen-bond acceptors (Lipinski definition) is 3. The van der Waals surface area contributed by atoms with Gasteiger partial charge < -0.3 is 10.1 Å². The van der Waals surface area contributed by atoms with Crippen LogP contribution in [0.4, 0.5) is 8.78 Å². The highest BCUT2D eigenvalue weighted by molar-refractivity contribution is 5.99. The summed E-state index contributed by atoms with van der Waals surface area (Å²) in [5.74, 6) is -0.0607. The number of ether oxygens (including phenoxy) is 1. The van der Waals surface area contributed by atoms with Crippen LogP contribution in [0, 0.1) is 11.6 Å². The van der Waals surface area contributed by atoms with Crippen molar-refractivity contribution in [1.29, 1.82) is 0 Å². The molecular formula is C16H14F2N2O. The van der Waals surface area contributed by atoms with Gasteiger partial charge in [0.15, 0.2) is 11.6 Å². The summed E-state index contributed by atoms with van der Waals surface area (Å²) in [6.45, 7) is 1.45. The summed E-state index contributed by atoms with van der Waals surface area (Å²) >= 11 is 0. The summed E-state index contributed by atoms with van der Waals surface area (Å²) in [4.78, 5) is 4.23. The van der Waals surface area contributed by atoms with Gasteiger partial charge >= 0.3 is 0 Å². The van der Waals surface area contributed by atoms with Gasteiger partial charge in [0.05, 0.1) is 6.54 Å². The van der Waals surface area contributed by atoms with Crippen molar-refractivity contribution in [1.82, 2.24) is 5.32 Å². The van der Waals surface area contributed by atoms with Gasteiger partial charge in [-0.1, -0.05) is 18.2 Å². The minimum atomic E-state index is -0.486. The molecule has 21 heavy (non-hydrogen) atoms. The zero-order valence-electron chi connectivity index (χ0n) is 11.3. The van der Waals surface area contributed by atoms with E-state index in [9.17, 15) is 8.78 Å². The predicted molar refractivity (Wildman–Crippen MR) is 76.5 cm³/mol. The second-order valence-electron chi connectivity index (χ2n) is 4.68. The van der Waals surface area contributed by atoms with Gasteiger partial charge in [-0.25, -0.2) is 8.78 Å². The monoisotopic (exact) mass is 288 g/mol. The number of rotatable bonds is 4. The fourth-order valence-corrected chi connectivity index (χ4v) is 2.13. The Morgan fingerprint density at radius 3 is 2.67 bits per heavy atom. The summed E-state index contributed by atoms with van der Waals surface area (Å²) in [6, 6.07) is 10.9. The second kappa shape index (κ2) is 5.91. The lowest BCUT2D eigenvalue weighted by atomic mass is 10.2. The molecule has 0 spiro atoms. The first kappa shape index (κ1) is 13.5. The van der Waals surface area contributed by atoms with Crippen LogP contribution in [-0.4, -0.2) is 18.9 Å². The molecule has 0 saturated heterocycles. The van der Waals surface area contributed by atoms with Crippen LogP contribution in [0.1, 0.15) is 11.1 Å². The molecule has 5 heteroatoms. The topological polar surface area (TPSA) is 33.6 Å². The third kappa shape index (κ3) is 3.02. The quantitative estimate of drug-likeness (QED) is 0.938. The summed E-state index contributed by atoms with van der Waals surface area (Å²) in [5.41, 5.74) is 1.08. The first-order valence-electron chi connectivity index (χ1n) is 6.68. The maximum Gasteiger partial charge on any atom is 0.165 e. The standard InChI is InChI=1S/C16H14F2N2O/c17-13-4-2-1-3-12(13)10-21-15-6-5-11(9-14(15)18)16-19-7-8-20-16/h1-6,9H,7-8,10H2,(H,19,20). The molecule has 3 nitrogen and oxygen atoms in total. The van der Waals surface area contributed by atoms with Crippen LogP contribution in [0.15, 0.2) is 47.5 Å². The van der Waals surface area contributed by atoms with E-state index in [2.05, 4.69) is 10.3 Å². The number of benzene rings is 2. The Morgan fingerprint density at radius 2 is 1.95 bits per heavy atom. The van der Waals surface area contributed by atoms with Crippen molar-refractivity contribution in [2.75, 3.05) is 13.1 Å². The van der Waals surface area contributed by atoms with Gasteiger partial charge in [0, 0.05) is 17.7 Å². The largest absolute Gasteiger partial charge is 0.486 e. The normalized spacial score (nSPS) is 13.7. The van der Waals surface area contributed by atoms with Gasteiger partial charge in [0.1, 0.15) is 18.3 Å². The number of halogens is 2. The van der Waals surface area contributed by atoms with Crippen molar-refractivity contribution in [3.63, 3.8) is 0 Å². The van der Waals surface area contributed by atoms with Crippen molar-refractivity contribution < 1.29 is 13.5 Å². The van der Waals surface area contributed by atoms with Crippen molar-refractivity contribution >= 4 is 5.84 Å². The number of nitrogens with one attached hydrogen (secondary N) is 1. The molecule has 108 valence electrons. The molecule has 2 aromatic rings. The van der Waals surface area contributed by atoms with E-state index < -0.39 is 5.82 Å². The second-order valence-corrected chi connectivity index (χ2v) is 4.68. The molecule has 0 atom stereocenters. The van der Waals surface area contributed by atoms with E-state index in [0.29, 0.717) is 23.5 Å². The van der Waals surface area contributed by atoms with Gasteiger partial charge in [-0.3, -0.25) is 4.99 Å². The van der Waals surface area contributed by atoms with Crippen LogP contribution in [0.5, 0.6) is 5.75 Å². The van der Waals surface area contributed by atoms with E-state index in [4.69, 9.17) is 4.74 Å². The Balaban J connectivity index is 1.73. The Bertz CT molecular complexity index is 686. The molecule has 1 N–H and O–H groups in total. The number of nitrogens with zero attached hydrogens (tertiary/aromatic N) is 1. The van der Waals surface area contributed by atoms with Crippen molar-refractivity contribution in [3.8, 4) is 5.75 Å². The summed E-state index contributed by atoms with van der Waals surface area (Å²) in [6.07, 6.45) is 0. The number of aliphatic imine (C=N–C) groups is 1. The van der Waals surface area contributed by atoms with E-state index >= 15 is 0 Å². The number of amidine groups is 1. The number of hydrogen-bond donors (Lipinski definition) is 1. The van der Waals surface area contributed by atoms with Gasteiger partial charge in [0.25, 0.3) is 0 Å². The molecule has 0 aliphatic carbocycles. The van der Waals surface area contributed by atoms with E-state index in [-0.39, 0.29) is 18.2 Å². The molecule has 0 saturated carbocycles. The zero-order chi connectivity index (χ0) is 14.7. The van der Waals surface area contributed by atoms with Crippen molar-refractivity contribution in [3.05, 3.63) is 65.2 Å². The lowest BCUT2D eigenvalue weighted by Gasteiger charge is -2.09. The molecule has 0 fully saturated rings. The maximum atomic E-state index is 14.0. The Morgan fingerprint density at radius 1 is 1.10 bits per heavy atom. The third-order valence-electron chi connectivity index (χ3n) is 3.22. The summed E-state index contributed by atoms with van der Waals surface area (Å²) in [5, 5.41) is 3.08.